The Labute approximate surface area is 102 Å². The lowest BCUT2D eigenvalue weighted by atomic mass is 10.2. The number of urea groups is 1. The highest BCUT2D eigenvalue weighted by molar-refractivity contribution is 5.82. The quantitative estimate of drug-likeness (QED) is 0.742. The lowest BCUT2D eigenvalue weighted by Gasteiger charge is -2.23. The largest absolute Gasteiger partial charge is 0.480 e. The van der Waals surface area contributed by atoms with Gasteiger partial charge in [-0.05, 0) is 26.4 Å². The standard InChI is InChI=1S/C11H21N3O3/c1-3-9(10(15)16)12-11(17)14-6-4-5-13(2)7-8-14/h9H,3-8H2,1-2H3,(H,12,17)(H,15,16). The van der Waals surface area contributed by atoms with Crippen LogP contribution >= 0.6 is 0 Å². The molecule has 0 aromatic carbocycles. The Balaban J connectivity index is 2.48. The van der Waals surface area contributed by atoms with Crippen molar-refractivity contribution in [2.45, 2.75) is 25.8 Å². The molecule has 1 aliphatic heterocycles. The van der Waals surface area contributed by atoms with Crippen LogP contribution in [0.25, 0.3) is 0 Å². The SMILES string of the molecule is CCC(NC(=O)N1CCCN(C)CC1)C(=O)O. The highest BCUT2D eigenvalue weighted by Crippen LogP contribution is 2.02. The Morgan fingerprint density at radius 2 is 2.00 bits per heavy atom. The summed E-state index contributed by atoms with van der Waals surface area (Å²) in [4.78, 5) is 26.5. The number of amides is 2. The molecule has 1 aliphatic rings. The number of aliphatic carboxylic acids is 1. The van der Waals surface area contributed by atoms with Gasteiger partial charge in [0.2, 0.25) is 0 Å². The second kappa shape index (κ2) is 6.44. The number of hydrogen-bond acceptors (Lipinski definition) is 3. The van der Waals surface area contributed by atoms with Gasteiger partial charge in [0, 0.05) is 19.6 Å². The van der Waals surface area contributed by atoms with Crippen molar-refractivity contribution in [3.05, 3.63) is 0 Å². The molecular formula is C11H21N3O3. The minimum atomic E-state index is -0.979. The van der Waals surface area contributed by atoms with Crippen LogP contribution in [0.1, 0.15) is 19.8 Å². The summed E-state index contributed by atoms with van der Waals surface area (Å²) in [7, 11) is 2.02. The Morgan fingerprint density at radius 1 is 1.29 bits per heavy atom. The minimum absolute atomic E-state index is 0.269. The molecule has 0 spiro atoms. The zero-order chi connectivity index (χ0) is 12.8. The number of carbonyl (C=O) groups excluding carboxylic acids is 1. The van der Waals surface area contributed by atoms with Crippen LogP contribution in [0, 0.1) is 0 Å². The van der Waals surface area contributed by atoms with E-state index in [1.807, 2.05) is 7.05 Å². The molecule has 1 rings (SSSR count). The van der Waals surface area contributed by atoms with Gasteiger partial charge >= 0.3 is 12.0 Å². The van der Waals surface area contributed by atoms with Crippen molar-refractivity contribution in [1.82, 2.24) is 15.1 Å². The van der Waals surface area contributed by atoms with Crippen LogP contribution in [0.5, 0.6) is 0 Å². The van der Waals surface area contributed by atoms with E-state index in [9.17, 15) is 9.59 Å². The van der Waals surface area contributed by atoms with E-state index >= 15 is 0 Å². The van der Waals surface area contributed by atoms with Crippen LogP contribution in [-0.4, -0.2) is 66.2 Å². The molecule has 1 saturated heterocycles. The van der Waals surface area contributed by atoms with E-state index in [4.69, 9.17) is 5.11 Å². The number of carboxylic acid groups (broad SMARTS) is 1. The fraction of sp³-hybridized carbons (Fsp3) is 0.818. The van der Waals surface area contributed by atoms with Crippen molar-refractivity contribution in [2.24, 2.45) is 0 Å². The fourth-order valence-corrected chi connectivity index (χ4v) is 1.83. The zero-order valence-electron chi connectivity index (χ0n) is 10.5. The van der Waals surface area contributed by atoms with Gasteiger partial charge in [-0.25, -0.2) is 9.59 Å². The van der Waals surface area contributed by atoms with E-state index in [-0.39, 0.29) is 6.03 Å². The first-order valence-electron chi connectivity index (χ1n) is 6.01. The smallest absolute Gasteiger partial charge is 0.326 e. The van der Waals surface area contributed by atoms with Gasteiger partial charge in [-0.2, -0.15) is 0 Å². The molecule has 0 aromatic heterocycles. The normalized spacial score (nSPS) is 19.5. The summed E-state index contributed by atoms with van der Waals surface area (Å²) < 4.78 is 0. The summed E-state index contributed by atoms with van der Waals surface area (Å²) in [5.41, 5.74) is 0. The molecule has 2 amide bonds. The van der Waals surface area contributed by atoms with E-state index < -0.39 is 12.0 Å². The monoisotopic (exact) mass is 243 g/mol. The number of likely N-dealkylation sites (N-methyl/N-ethyl adjacent to an activating group) is 1. The van der Waals surface area contributed by atoms with Gasteiger partial charge in [-0.15, -0.1) is 0 Å². The second-order valence-corrected chi connectivity index (χ2v) is 4.39. The van der Waals surface area contributed by atoms with Crippen molar-refractivity contribution in [3.63, 3.8) is 0 Å². The van der Waals surface area contributed by atoms with Crippen molar-refractivity contribution in [2.75, 3.05) is 33.2 Å². The molecule has 1 atom stereocenters. The summed E-state index contributed by atoms with van der Waals surface area (Å²) in [6.07, 6.45) is 1.32. The third-order valence-corrected chi connectivity index (χ3v) is 3.01. The van der Waals surface area contributed by atoms with Crippen molar-refractivity contribution < 1.29 is 14.7 Å². The summed E-state index contributed by atoms with van der Waals surface area (Å²) >= 11 is 0. The average molecular weight is 243 g/mol. The summed E-state index contributed by atoms with van der Waals surface area (Å²) in [5.74, 6) is -0.979. The van der Waals surface area contributed by atoms with Gasteiger partial charge in [0.15, 0.2) is 0 Å². The highest BCUT2D eigenvalue weighted by Gasteiger charge is 2.22. The van der Waals surface area contributed by atoms with Crippen LogP contribution in [0.2, 0.25) is 0 Å². The molecule has 0 radical (unpaired) electrons. The maximum absolute atomic E-state index is 11.9. The van der Waals surface area contributed by atoms with Gasteiger partial charge in [0.25, 0.3) is 0 Å². The Morgan fingerprint density at radius 3 is 2.59 bits per heavy atom. The molecule has 2 N–H and O–H groups in total. The van der Waals surface area contributed by atoms with Crippen LogP contribution < -0.4 is 5.32 Å². The molecule has 1 fully saturated rings. The summed E-state index contributed by atoms with van der Waals surface area (Å²) in [5, 5.41) is 11.4. The van der Waals surface area contributed by atoms with E-state index in [0.29, 0.717) is 19.5 Å². The van der Waals surface area contributed by atoms with Crippen LogP contribution in [0.4, 0.5) is 4.79 Å². The van der Waals surface area contributed by atoms with Crippen molar-refractivity contribution in [1.29, 1.82) is 0 Å². The maximum Gasteiger partial charge on any atom is 0.326 e. The van der Waals surface area contributed by atoms with Crippen molar-refractivity contribution >= 4 is 12.0 Å². The molecule has 17 heavy (non-hydrogen) atoms. The number of rotatable bonds is 3. The molecule has 6 heteroatoms. The van der Waals surface area contributed by atoms with Gasteiger partial charge in [0.05, 0.1) is 0 Å². The lowest BCUT2D eigenvalue weighted by molar-refractivity contribution is -0.139. The molecule has 1 heterocycles. The molecular weight excluding hydrogens is 222 g/mol. The van der Waals surface area contributed by atoms with E-state index in [0.717, 1.165) is 19.5 Å². The number of carboxylic acids is 1. The first kappa shape index (κ1) is 13.8. The third-order valence-electron chi connectivity index (χ3n) is 3.01. The van der Waals surface area contributed by atoms with Gasteiger partial charge in [0.1, 0.15) is 6.04 Å². The topological polar surface area (TPSA) is 72.9 Å². The zero-order valence-corrected chi connectivity index (χ0v) is 10.5. The summed E-state index contributed by atoms with van der Waals surface area (Å²) in [6, 6.07) is -1.06. The maximum atomic E-state index is 11.9. The third kappa shape index (κ3) is 4.22. The number of nitrogens with zero attached hydrogens (tertiary/aromatic N) is 2. The van der Waals surface area contributed by atoms with E-state index in [2.05, 4.69) is 10.2 Å². The molecule has 0 bridgehead atoms. The first-order chi connectivity index (χ1) is 8.04. The molecule has 0 aliphatic carbocycles. The van der Waals surface area contributed by atoms with Gasteiger partial charge < -0.3 is 20.2 Å². The minimum Gasteiger partial charge on any atom is -0.480 e. The Bertz CT molecular complexity index is 283. The predicted molar refractivity (Wildman–Crippen MR) is 63.9 cm³/mol. The molecule has 98 valence electrons. The molecule has 1 unspecified atom stereocenters. The van der Waals surface area contributed by atoms with Crippen LogP contribution in [0.15, 0.2) is 0 Å². The Hall–Kier alpha value is -1.30. The van der Waals surface area contributed by atoms with Crippen LogP contribution in [0.3, 0.4) is 0 Å². The number of nitrogens with one attached hydrogen (secondary N) is 1. The highest BCUT2D eigenvalue weighted by atomic mass is 16.4. The molecule has 0 saturated carbocycles. The van der Waals surface area contributed by atoms with E-state index in [1.165, 1.54) is 0 Å². The molecule has 0 aromatic rings. The van der Waals surface area contributed by atoms with Gasteiger partial charge in [-0.1, -0.05) is 6.92 Å². The van der Waals surface area contributed by atoms with Crippen molar-refractivity contribution in [3.8, 4) is 0 Å². The lowest BCUT2D eigenvalue weighted by Crippen LogP contribution is -2.48. The summed E-state index contributed by atoms with van der Waals surface area (Å²) in [6.45, 7) is 4.89. The second-order valence-electron chi connectivity index (χ2n) is 4.39. The predicted octanol–water partition coefficient (Wildman–Crippen LogP) is 0.197. The average Bonchev–Trinajstić information content (AvgIpc) is 2.50. The van der Waals surface area contributed by atoms with Crippen LogP contribution in [-0.2, 0) is 4.79 Å². The van der Waals surface area contributed by atoms with Gasteiger partial charge in [-0.3, -0.25) is 0 Å². The fourth-order valence-electron chi connectivity index (χ4n) is 1.83. The molecule has 6 nitrogen and oxygen atoms in total. The Kier molecular flexibility index (Phi) is 5.21. The first-order valence-corrected chi connectivity index (χ1v) is 6.01. The number of hydrogen-bond donors (Lipinski definition) is 2. The van der Waals surface area contributed by atoms with E-state index in [1.54, 1.807) is 11.8 Å². The number of carbonyl (C=O) groups is 2.